The third kappa shape index (κ3) is 3.50. The van der Waals surface area contributed by atoms with Crippen molar-refractivity contribution < 1.29 is 14.0 Å². The van der Waals surface area contributed by atoms with Crippen molar-refractivity contribution in [3.8, 4) is 0 Å². The van der Waals surface area contributed by atoms with Crippen molar-refractivity contribution in [3.05, 3.63) is 65.7 Å². The first kappa shape index (κ1) is 16.6. The van der Waals surface area contributed by atoms with E-state index >= 15 is 0 Å². The Bertz CT molecular complexity index is 936. The van der Waals surface area contributed by atoms with Gasteiger partial charge in [0.2, 0.25) is 0 Å². The molecule has 0 unspecified atom stereocenters. The minimum absolute atomic E-state index is 0.00123. The van der Waals surface area contributed by atoms with Crippen LogP contribution >= 0.6 is 0 Å². The lowest BCUT2D eigenvalue weighted by Gasteiger charge is -2.10. The molecule has 2 aromatic carbocycles. The van der Waals surface area contributed by atoms with E-state index in [0.717, 1.165) is 16.9 Å². The summed E-state index contributed by atoms with van der Waals surface area (Å²) in [6.07, 6.45) is 0.670. The summed E-state index contributed by atoms with van der Waals surface area (Å²) in [5.41, 5.74) is 6.05. The van der Waals surface area contributed by atoms with Crippen LogP contribution in [0.1, 0.15) is 23.1 Å². The molecule has 0 aliphatic heterocycles. The van der Waals surface area contributed by atoms with Crippen LogP contribution in [-0.4, -0.2) is 21.4 Å². The zero-order chi connectivity index (χ0) is 17.8. The highest BCUT2D eigenvalue weighted by atomic mass is 19.1. The average molecular weight is 340 g/mol. The Balaban J connectivity index is 1.69. The normalized spacial score (nSPS) is 10.6. The van der Waals surface area contributed by atoms with Gasteiger partial charge in [-0.2, -0.15) is 0 Å². The fraction of sp³-hybridized carbons (Fsp3) is 0.167. The number of aromatic nitrogens is 2. The molecule has 1 heterocycles. The molecule has 0 aliphatic rings. The molecule has 0 atom stereocenters. The summed E-state index contributed by atoms with van der Waals surface area (Å²) in [5.74, 6) is -1.01. The number of benzene rings is 2. The van der Waals surface area contributed by atoms with Gasteiger partial charge in [0.1, 0.15) is 18.2 Å². The van der Waals surface area contributed by atoms with E-state index in [1.165, 1.54) is 18.2 Å². The van der Waals surface area contributed by atoms with Crippen molar-refractivity contribution in [2.75, 3.05) is 0 Å². The average Bonchev–Trinajstić information content (AvgIpc) is 2.98. The number of aryl methyl sites for hydroxylation is 1. The smallest absolute Gasteiger partial charge is 0.272 e. The number of rotatable bonds is 4. The molecule has 0 saturated carbocycles. The Labute approximate surface area is 143 Å². The van der Waals surface area contributed by atoms with Crippen LogP contribution < -0.4 is 10.9 Å². The van der Waals surface area contributed by atoms with Gasteiger partial charge >= 0.3 is 0 Å². The first-order valence-electron chi connectivity index (χ1n) is 7.88. The second-order valence-corrected chi connectivity index (χ2v) is 5.44. The van der Waals surface area contributed by atoms with Gasteiger partial charge in [-0.05, 0) is 24.3 Å². The molecule has 3 rings (SSSR count). The second kappa shape index (κ2) is 7.12. The molecule has 0 radical (unpaired) electrons. The van der Waals surface area contributed by atoms with Gasteiger partial charge in [0.05, 0.1) is 16.6 Å². The molecule has 25 heavy (non-hydrogen) atoms. The molecular weight excluding hydrogens is 323 g/mol. The number of hydrazine groups is 1. The molecule has 7 heteroatoms. The Morgan fingerprint density at radius 3 is 2.56 bits per heavy atom. The van der Waals surface area contributed by atoms with E-state index in [4.69, 9.17) is 0 Å². The highest BCUT2D eigenvalue weighted by Gasteiger charge is 2.14. The molecule has 0 spiro atoms. The van der Waals surface area contributed by atoms with Crippen LogP contribution in [-0.2, 0) is 17.8 Å². The lowest BCUT2D eigenvalue weighted by atomic mass is 10.2. The second-order valence-electron chi connectivity index (χ2n) is 5.44. The molecule has 3 aromatic rings. The number of halogens is 1. The Kier molecular flexibility index (Phi) is 4.74. The van der Waals surface area contributed by atoms with Crippen molar-refractivity contribution in [2.24, 2.45) is 0 Å². The third-order valence-electron chi connectivity index (χ3n) is 3.79. The summed E-state index contributed by atoms with van der Waals surface area (Å²) in [6, 6.07) is 13.1. The van der Waals surface area contributed by atoms with Gasteiger partial charge in [0.25, 0.3) is 11.8 Å². The molecule has 1 aromatic heterocycles. The van der Waals surface area contributed by atoms with Gasteiger partial charge in [0.15, 0.2) is 0 Å². The molecular formula is C18H17FN4O2. The topological polar surface area (TPSA) is 76.0 Å². The largest absolute Gasteiger partial charge is 0.318 e. The van der Waals surface area contributed by atoms with Gasteiger partial charge in [-0.25, -0.2) is 9.37 Å². The number of amides is 2. The number of nitrogens with zero attached hydrogens (tertiary/aromatic N) is 2. The summed E-state index contributed by atoms with van der Waals surface area (Å²) in [7, 11) is 0. The number of para-hydroxylation sites is 2. The highest BCUT2D eigenvalue weighted by molar-refractivity contribution is 5.95. The van der Waals surface area contributed by atoms with Crippen LogP contribution in [0.15, 0.2) is 48.5 Å². The van der Waals surface area contributed by atoms with Gasteiger partial charge < -0.3 is 4.57 Å². The number of hydrogen-bond acceptors (Lipinski definition) is 3. The van der Waals surface area contributed by atoms with Crippen LogP contribution in [0.25, 0.3) is 11.0 Å². The summed E-state index contributed by atoms with van der Waals surface area (Å²) in [5, 5.41) is 0. The Hall–Kier alpha value is -3.22. The number of hydrogen-bond donors (Lipinski definition) is 2. The molecule has 0 bridgehead atoms. The SMILES string of the molecule is CCc1nc2ccccc2n1CC(=O)NNC(=O)c1ccccc1F. The van der Waals surface area contributed by atoms with E-state index in [-0.39, 0.29) is 12.1 Å². The van der Waals surface area contributed by atoms with Crippen molar-refractivity contribution in [2.45, 2.75) is 19.9 Å². The number of carbonyl (C=O) groups excluding carboxylic acids is 2. The summed E-state index contributed by atoms with van der Waals surface area (Å²) in [4.78, 5) is 28.6. The summed E-state index contributed by atoms with van der Waals surface area (Å²) < 4.78 is 15.3. The lowest BCUT2D eigenvalue weighted by Crippen LogP contribution is -2.43. The predicted molar refractivity (Wildman–Crippen MR) is 91.1 cm³/mol. The maximum Gasteiger partial charge on any atom is 0.272 e. The minimum atomic E-state index is -0.711. The van der Waals surface area contributed by atoms with Crippen LogP contribution in [0.3, 0.4) is 0 Å². The van der Waals surface area contributed by atoms with Crippen molar-refractivity contribution in [1.82, 2.24) is 20.4 Å². The van der Waals surface area contributed by atoms with E-state index in [1.807, 2.05) is 31.2 Å². The summed E-state index contributed by atoms with van der Waals surface area (Å²) >= 11 is 0. The minimum Gasteiger partial charge on any atom is -0.318 e. The van der Waals surface area contributed by atoms with E-state index in [2.05, 4.69) is 15.8 Å². The van der Waals surface area contributed by atoms with Gasteiger partial charge in [-0.3, -0.25) is 20.4 Å². The summed E-state index contributed by atoms with van der Waals surface area (Å²) in [6.45, 7) is 1.96. The Morgan fingerprint density at radius 2 is 1.80 bits per heavy atom. The number of carbonyl (C=O) groups is 2. The van der Waals surface area contributed by atoms with E-state index in [9.17, 15) is 14.0 Å². The van der Waals surface area contributed by atoms with Crippen molar-refractivity contribution >= 4 is 22.8 Å². The van der Waals surface area contributed by atoms with E-state index in [1.54, 1.807) is 10.6 Å². The monoisotopic (exact) mass is 340 g/mol. The quantitative estimate of drug-likeness (QED) is 0.715. The van der Waals surface area contributed by atoms with Gasteiger partial charge in [0, 0.05) is 6.42 Å². The zero-order valence-electron chi connectivity index (χ0n) is 13.6. The first-order valence-corrected chi connectivity index (χ1v) is 7.88. The van der Waals surface area contributed by atoms with Gasteiger partial charge in [-0.1, -0.05) is 31.2 Å². The van der Waals surface area contributed by atoms with Crippen molar-refractivity contribution in [3.63, 3.8) is 0 Å². The maximum atomic E-state index is 13.6. The van der Waals surface area contributed by atoms with Crippen LogP contribution in [0.5, 0.6) is 0 Å². The molecule has 2 N–H and O–H groups in total. The molecule has 6 nitrogen and oxygen atoms in total. The number of nitrogens with one attached hydrogen (secondary N) is 2. The van der Waals surface area contributed by atoms with Gasteiger partial charge in [-0.15, -0.1) is 0 Å². The lowest BCUT2D eigenvalue weighted by molar-refractivity contribution is -0.122. The van der Waals surface area contributed by atoms with E-state index < -0.39 is 17.6 Å². The fourth-order valence-electron chi connectivity index (χ4n) is 2.59. The molecule has 0 aliphatic carbocycles. The highest BCUT2D eigenvalue weighted by Crippen LogP contribution is 2.16. The Morgan fingerprint density at radius 1 is 1.08 bits per heavy atom. The first-order chi connectivity index (χ1) is 12.1. The fourth-order valence-corrected chi connectivity index (χ4v) is 2.59. The molecule has 2 amide bonds. The zero-order valence-corrected chi connectivity index (χ0v) is 13.6. The number of imidazole rings is 1. The van der Waals surface area contributed by atoms with E-state index in [0.29, 0.717) is 6.42 Å². The number of fused-ring (bicyclic) bond motifs is 1. The molecule has 0 saturated heterocycles. The van der Waals surface area contributed by atoms with Crippen LogP contribution in [0.4, 0.5) is 4.39 Å². The predicted octanol–water partition coefficient (Wildman–Crippen LogP) is 2.20. The van der Waals surface area contributed by atoms with Crippen LogP contribution in [0, 0.1) is 5.82 Å². The molecule has 0 fully saturated rings. The third-order valence-corrected chi connectivity index (χ3v) is 3.79. The standard InChI is InChI=1S/C18H17FN4O2/c1-2-16-20-14-9-5-6-10-15(14)23(16)11-17(24)21-22-18(25)12-7-3-4-8-13(12)19/h3-10H,2,11H2,1H3,(H,21,24)(H,22,25). The van der Waals surface area contributed by atoms with Crippen LogP contribution in [0.2, 0.25) is 0 Å². The van der Waals surface area contributed by atoms with Crippen molar-refractivity contribution in [1.29, 1.82) is 0 Å². The molecule has 128 valence electrons. The maximum absolute atomic E-state index is 13.6.